The van der Waals surface area contributed by atoms with Gasteiger partial charge in [-0.1, -0.05) is 10.4 Å². The maximum atomic E-state index is 9.87. The molecule has 0 amide bonds. The summed E-state index contributed by atoms with van der Waals surface area (Å²) < 4.78 is 0. The Labute approximate surface area is 63.9 Å². The second-order valence-corrected chi connectivity index (χ2v) is 2.26. The third-order valence-electron chi connectivity index (χ3n) is 1.57. The van der Waals surface area contributed by atoms with Gasteiger partial charge in [-0.15, -0.1) is 0 Å². The van der Waals surface area contributed by atoms with Crippen LogP contribution >= 0.6 is 0 Å². The molecular weight excluding hydrogens is 150 g/mol. The molecule has 0 spiro atoms. The summed E-state index contributed by atoms with van der Waals surface area (Å²) in [6.45, 7) is -0.654. The van der Waals surface area contributed by atoms with Crippen LogP contribution in [0.3, 0.4) is 0 Å². The maximum absolute atomic E-state index is 9.87. The molecule has 11 heavy (non-hydrogen) atoms. The fourth-order valence-corrected chi connectivity index (χ4v) is 0.634. The molecule has 0 saturated heterocycles. The van der Waals surface area contributed by atoms with Crippen LogP contribution < -0.4 is 5.32 Å². The molecule has 0 fully saturated rings. The van der Waals surface area contributed by atoms with Crippen molar-refractivity contribution in [3.05, 3.63) is 9.81 Å². The first-order chi connectivity index (χ1) is 5.24. The van der Waals surface area contributed by atoms with Gasteiger partial charge in [0.05, 0.1) is 12.1 Å². The maximum Gasteiger partial charge on any atom is 0.103 e. The molecule has 0 saturated carbocycles. The third kappa shape index (κ3) is 2.69. The molecule has 0 aromatic heterocycles. The van der Waals surface area contributed by atoms with Gasteiger partial charge in [-0.2, -0.15) is 9.81 Å². The molecule has 0 atom stereocenters. The Hall–Kier alpha value is -0.880. The minimum Gasteiger partial charge on any atom is -0.394 e. The number of nitrogens with one attached hydrogen (secondary N) is 1. The number of hydrogen-bond donors (Lipinski definition) is 2. The van der Waals surface area contributed by atoms with Gasteiger partial charge in [0.1, 0.15) is 13.1 Å². The lowest BCUT2D eigenvalue weighted by atomic mass is 10.0. The predicted molar refractivity (Wildman–Crippen MR) is 40.2 cm³/mol. The van der Waals surface area contributed by atoms with E-state index in [9.17, 15) is 9.81 Å². The number of aliphatic hydroxyl groups is 1. The van der Waals surface area contributed by atoms with Crippen molar-refractivity contribution >= 4 is 0 Å². The van der Waals surface area contributed by atoms with Crippen molar-refractivity contribution in [1.82, 2.24) is 5.32 Å². The molecule has 0 rings (SSSR count). The van der Waals surface area contributed by atoms with Crippen LogP contribution in [0.25, 0.3) is 0 Å². The van der Waals surface area contributed by atoms with E-state index in [1.165, 1.54) is 7.05 Å². The summed E-state index contributed by atoms with van der Waals surface area (Å²) >= 11 is 0. The van der Waals surface area contributed by atoms with Crippen molar-refractivity contribution in [1.29, 1.82) is 0 Å². The molecule has 0 heterocycles. The molecule has 6 nitrogen and oxygen atoms in total. The minimum absolute atomic E-state index is 0.161. The van der Waals surface area contributed by atoms with Gasteiger partial charge in [-0.05, 0) is 7.05 Å². The summed E-state index contributed by atoms with van der Waals surface area (Å²) in [5.74, 6) is 0. The SMILES string of the molecule is CNC(CO)(CN=O)CN=O. The first kappa shape index (κ1) is 10.1. The Morgan fingerprint density at radius 2 is 1.82 bits per heavy atom. The summed E-state index contributed by atoms with van der Waals surface area (Å²) in [5, 5.41) is 16.6. The van der Waals surface area contributed by atoms with Crippen LogP contribution in [0.5, 0.6) is 0 Å². The Morgan fingerprint density at radius 1 is 1.36 bits per heavy atom. The predicted octanol–water partition coefficient (Wildman–Crippen LogP) is -0.530. The van der Waals surface area contributed by atoms with Crippen molar-refractivity contribution in [3.8, 4) is 0 Å². The van der Waals surface area contributed by atoms with E-state index < -0.39 is 5.54 Å². The molecule has 64 valence electrons. The van der Waals surface area contributed by atoms with Crippen LogP contribution in [0.4, 0.5) is 0 Å². The molecule has 2 N–H and O–H groups in total. The van der Waals surface area contributed by atoms with Gasteiger partial charge in [0.25, 0.3) is 0 Å². The number of nitroso groups, excluding NO2 is 2. The number of rotatable bonds is 6. The van der Waals surface area contributed by atoms with E-state index >= 15 is 0 Å². The van der Waals surface area contributed by atoms with Crippen LogP contribution in [0.2, 0.25) is 0 Å². The summed E-state index contributed by atoms with van der Waals surface area (Å²) in [6.07, 6.45) is 0. The lowest BCUT2D eigenvalue weighted by Crippen LogP contribution is -2.51. The van der Waals surface area contributed by atoms with E-state index in [1.54, 1.807) is 0 Å². The van der Waals surface area contributed by atoms with Crippen molar-refractivity contribution in [2.24, 2.45) is 10.4 Å². The fraction of sp³-hybridized carbons (Fsp3) is 1.00. The van der Waals surface area contributed by atoms with Gasteiger partial charge in [-0.3, -0.25) is 0 Å². The smallest absolute Gasteiger partial charge is 0.103 e. The molecular formula is C5H11N3O3. The van der Waals surface area contributed by atoms with Crippen LogP contribution in [-0.2, 0) is 0 Å². The van der Waals surface area contributed by atoms with E-state index in [1.807, 2.05) is 0 Å². The van der Waals surface area contributed by atoms with E-state index in [0.29, 0.717) is 0 Å². The van der Waals surface area contributed by atoms with Crippen molar-refractivity contribution < 1.29 is 5.11 Å². The Bertz CT molecular complexity index is 123. The van der Waals surface area contributed by atoms with E-state index in [4.69, 9.17) is 5.11 Å². The van der Waals surface area contributed by atoms with Crippen LogP contribution in [0.15, 0.2) is 10.4 Å². The average Bonchev–Trinajstić information content (AvgIpc) is 2.04. The molecule has 0 unspecified atom stereocenters. The minimum atomic E-state index is -0.969. The topological polar surface area (TPSA) is 91.1 Å². The average molecular weight is 161 g/mol. The first-order valence-corrected chi connectivity index (χ1v) is 3.12. The van der Waals surface area contributed by atoms with Crippen molar-refractivity contribution in [2.75, 3.05) is 26.7 Å². The zero-order valence-corrected chi connectivity index (χ0v) is 6.28. The van der Waals surface area contributed by atoms with E-state index in [0.717, 1.165) is 0 Å². The van der Waals surface area contributed by atoms with Crippen LogP contribution in [0.1, 0.15) is 0 Å². The number of aliphatic hydroxyl groups excluding tert-OH is 1. The molecule has 0 aliphatic carbocycles. The van der Waals surface area contributed by atoms with Gasteiger partial charge in [-0.25, -0.2) is 0 Å². The third-order valence-corrected chi connectivity index (χ3v) is 1.57. The Morgan fingerprint density at radius 3 is 2.00 bits per heavy atom. The number of likely N-dealkylation sites (N-methyl/N-ethyl adjacent to an activating group) is 1. The summed E-state index contributed by atoms with van der Waals surface area (Å²) in [5.41, 5.74) is -0.969. The quantitative estimate of drug-likeness (QED) is 0.512. The summed E-state index contributed by atoms with van der Waals surface area (Å²) in [4.78, 5) is 19.7. The second-order valence-electron chi connectivity index (χ2n) is 2.26. The molecule has 0 radical (unpaired) electrons. The Balaban J connectivity index is 4.17. The lowest BCUT2D eigenvalue weighted by Gasteiger charge is -2.24. The van der Waals surface area contributed by atoms with Crippen molar-refractivity contribution in [2.45, 2.75) is 5.54 Å². The molecule has 0 aliphatic heterocycles. The summed E-state index contributed by atoms with van der Waals surface area (Å²) in [6, 6.07) is 0. The summed E-state index contributed by atoms with van der Waals surface area (Å²) in [7, 11) is 1.53. The van der Waals surface area contributed by atoms with Crippen molar-refractivity contribution in [3.63, 3.8) is 0 Å². The van der Waals surface area contributed by atoms with Gasteiger partial charge < -0.3 is 10.4 Å². The zero-order chi connectivity index (χ0) is 8.74. The highest BCUT2D eigenvalue weighted by Gasteiger charge is 2.28. The first-order valence-electron chi connectivity index (χ1n) is 3.12. The molecule has 6 heteroatoms. The lowest BCUT2D eigenvalue weighted by molar-refractivity contribution is 0.179. The molecule has 0 aromatic carbocycles. The highest BCUT2D eigenvalue weighted by Crippen LogP contribution is 2.04. The van der Waals surface area contributed by atoms with Gasteiger partial charge in [0.15, 0.2) is 0 Å². The fourth-order valence-electron chi connectivity index (χ4n) is 0.634. The van der Waals surface area contributed by atoms with E-state index in [2.05, 4.69) is 15.7 Å². The van der Waals surface area contributed by atoms with E-state index in [-0.39, 0.29) is 19.7 Å². The standard InChI is InChI=1S/C5H11N3O3/c1-6-5(4-9,2-7-10)3-8-11/h6,9H,2-4H2,1H3. The second kappa shape index (κ2) is 4.86. The Kier molecular flexibility index (Phi) is 4.47. The van der Waals surface area contributed by atoms with Gasteiger partial charge in [0, 0.05) is 0 Å². The number of nitrogens with zero attached hydrogens (tertiary/aromatic N) is 2. The van der Waals surface area contributed by atoms with Gasteiger partial charge in [0.2, 0.25) is 0 Å². The highest BCUT2D eigenvalue weighted by molar-refractivity contribution is 4.90. The van der Waals surface area contributed by atoms with Gasteiger partial charge >= 0.3 is 0 Å². The van der Waals surface area contributed by atoms with Crippen LogP contribution in [0, 0.1) is 9.81 Å². The molecule has 0 aromatic rings. The number of hydrogen-bond acceptors (Lipinski definition) is 6. The highest BCUT2D eigenvalue weighted by atomic mass is 16.3. The molecule has 0 aliphatic rings. The molecule has 0 bridgehead atoms. The largest absolute Gasteiger partial charge is 0.394 e. The van der Waals surface area contributed by atoms with Crippen LogP contribution in [-0.4, -0.2) is 37.4 Å². The normalized spacial score (nSPS) is 11.1. The monoisotopic (exact) mass is 161 g/mol. The zero-order valence-electron chi connectivity index (χ0n) is 6.28.